The van der Waals surface area contributed by atoms with Gasteiger partial charge in [0.1, 0.15) is 0 Å². The van der Waals surface area contributed by atoms with Crippen LogP contribution in [0.4, 0.5) is 5.69 Å². The minimum Gasteiger partial charge on any atom is -0.319 e. The van der Waals surface area contributed by atoms with Gasteiger partial charge in [-0.3, -0.25) is 4.79 Å². The number of hydrogen-bond donors (Lipinski definition) is 2. The fourth-order valence-corrected chi connectivity index (χ4v) is 2.92. The maximum atomic E-state index is 12.4. The molecule has 0 aliphatic carbocycles. The van der Waals surface area contributed by atoms with Gasteiger partial charge in [-0.1, -0.05) is 35.3 Å². The Morgan fingerprint density at radius 2 is 1.86 bits per heavy atom. The molecule has 5 heteroatoms. The third-order valence-electron chi connectivity index (χ3n) is 3.56. The lowest BCUT2D eigenvalue weighted by atomic mass is 9.98. The Bertz CT molecular complexity index is 680. The average Bonchev–Trinajstić information content (AvgIpc) is 2.50. The van der Waals surface area contributed by atoms with Gasteiger partial charge in [0.15, 0.2) is 0 Å². The summed E-state index contributed by atoms with van der Waals surface area (Å²) < 4.78 is 0. The van der Waals surface area contributed by atoms with Gasteiger partial charge in [-0.2, -0.15) is 0 Å². The molecule has 0 unspecified atom stereocenters. The summed E-state index contributed by atoms with van der Waals surface area (Å²) in [4.78, 5) is 12.4. The maximum Gasteiger partial charge on any atom is 0.255 e. The molecule has 1 heterocycles. The van der Waals surface area contributed by atoms with Crippen molar-refractivity contribution in [3.63, 3.8) is 0 Å². The first-order valence-corrected chi connectivity index (χ1v) is 7.48. The zero-order valence-electron chi connectivity index (χ0n) is 11.2. The van der Waals surface area contributed by atoms with Crippen molar-refractivity contribution in [2.45, 2.75) is 13.0 Å². The highest BCUT2D eigenvalue weighted by atomic mass is 35.5. The van der Waals surface area contributed by atoms with Gasteiger partial charge in [0.05, 0.1) is 15.7 Å². The summed E-state index contributed by atoms with van der Waals surface area (Å²) in [6.45, 7) is 1.77. The van der Waals surface area contributed by atoms with Gasteiger partial charge in [-0.15, -0.1) is 0 Å². The first-order valence-electron chi connectivity index (χ1n) is 6.73. The molecule has 0 spiro atoms. The van der Waals surface area contributed by atoms with Crippen molar-refractivity contribution in [1.82, 2.24) is 5.32 Å². The molecule has 21 heavy (non-hydrogen) atoms. The van der Waals surface area contributed by atoms with Gasteiger partial charge >= 0.3 is 0 Å². The van der Waals surface area contributed by atoms with Gasteiger partial charge in [0.25, 0.3) is 5.91 Å². The van der Waals surface area contributed by atoms with E-state index >= 15 is 0 Å². The number of hydrogen-bond acceptors (Lipinski definition) is 2. The largest absolute Gasteiger partial charge is 0.319 e. The van der Waals surface area contributed by atoms with Crippen LogP contribution in [0, 0.1) is 0 Å². The summed E-state index contributed by atoms with van der Waals surface area (Å²) in [6.07, 6.45) is 0.994. The quantitative estimate of drug-likeness (QED) is 0.881. The fourth-order valence-electron chi connectivity index (χ4n) is 2.42. The average molecular weight is 321 g/mol. The highest BCUT2D eigenvalue weighted by Gasteiger charge is 2.14. The molecule has 2 aromatic rings. The zero-order valence-corrected chi connectivity index (χ0v) is 12.8. The molecule has 0 aromatic heterocycles. The van der Waals surface area contributed by atoms with E-state index in [-0.39, 0.29) is 5.91 Å². The number of carbonyl (C=O) groups is 1. The number of carbonyl (C=O) groups excluding carboxylic acids is 1. The number of nitrogens with one attached hydrogen (secondary N) is 2. The Morgan fingerprint density at radius 1 is 1.10 bits per heavy atom. The molecule has 0 fully saturated rings. The van der Waals surface area contributed by atoms with E-state index in [1.807, 2.05) is 18.2 Å². The van der Waals surface area contributed by atoms with Crippen LogP contribution in [-0.2, 0) is 13.0 Å². The highest BCUT2D eigenvalue weighted by Crippen LogP contribution is 2.30. The van der Waals surface area contributed by atoms with Crippen LogP contribution in [0.5, 0.6) is 0 Å². The molecule has 0 atom stereocenters. The molecule has 2 aromatic carbocycles. The molecule has 1 amide bonds. The van der Waals surface area contributed by atoms with E-state index in [0.717, 1.165) is 19.5 Å². The molecule has 0 saturated heterocycles. The van der Waals surface area contributed by atoms with Gasteiger partial charge in [-0.25, -0.2) is 0 Å². The summed E-state index contributed by atoms with van der Waals surface area (Å²) in [5.74, 6) is -0.210. The number of anilines is 1. The Hall–Kier alpha value is -1.55. The second-order valence-electron chi connectivity index (χ2n) is 4.96. The lowest BCUT2D eigenvalue weighted by Crippen LogP contribution is -2.24. The van der Waals surface area contributed by atoms with Crippen molar-refractivity contribution in [2.24, 2.45) is 0 Å². The van der Waals surface area contributed by atoms with E-state index in [2.05, 4.69) is 10.6 Å². The molecule has 0 saturated carbocycles. The SMILES string of the molecule is O=C(Nc1c(Cl)cccc1Cl)c1ccc2c(c1)CNCC2. The molecular formula is C16H14Cl2N2O. The van der Waals surface area contributed by atoms with Crippen molar-refractivity contribution in [2.75, 3.05) is 11.9 Å². The predicted octanol–water partition coefficient (Wildman–Crippen LogP) is 3.89. The topological polar surface area (TPSA) is 41.1 Å². The third kappa shape index (κ3) is 3.05. The van der Waals surface area contributed by atoms with Crippen LogP contribution in [-0.4, -0.2) is 12.5 Å². The number of benzene rings is 2. The normalized spacial score (nSPS) is 13.6. The summed E-state index contributed by atoms with van der Waals surface area (Å²) in [5, 5.41) is 6.93. The Balaban J connectivity index is 1.86. The van der Waals surface area contributed by atoms with E-state index < -0.39 is 0 Å². The van der Waals surface area contributed by atoms with E-state index in [1.54, 1.807) is 18.2 Å². The number of fused-ring (bicyclic) bond motifs is 1. The van der Waals surface area contributed by atoms with Crippen molar-refractivity contribution in [1.29, 1.82) is 0 Å². The van der Waals surface area contributed by atoms with Gasteiger partial charge < -0.3 is 10.6 Å². The lowest BCUT2D eigenvalue weighted by molar-refractivity contribution is 0.102. The molecule has 108 valence electrons. The van der Waals surface area contributed by atoms with Crippen molar-refractivity contribution in [3.8, 4) is 0 Å². The highest BCUT2D eigenvalue weighted by molar-refractivity contribution is 6.40. The van der Waals surface area contributed by atoms with E-state index in [9.17, 15) is 4.79 Å². The molecule has 0 radical (unpaired) electrons. The smallest absolute Gasteiger partial charge is 0.255 e. The molecule has 3 nitrogen and oxygen atoms in total. The van der Waals surface area contributed by atoms with E-state index in [1.165, 1.54) is 11.1 Å². The predicted molar refractivity (Wildman–Crippen MR) is 86.3 cm³/mol. The van der Waals surface area contributed by atoms with Gasteiger partial charge in [0.2, 0.25) is 0 Å². The van der Waals surface area contributed by atoms with Crippen LogP contribution in [0.25, 0.3) is 0 Å². The number of rotatable bonds is 2. The zero-order chi connectivity index (χ0) is 14.8. The molecule has 1 aliphatic heterocycles. The second kappa shape index (κ2) is 6.06. The number of halogens is 2. The van der Waals surface area contributed by atoms with E-state index in [4.69, 9.17) is 23.2 Å². The number of para-hydroxylation sites is 1. The molecular weight excluding hydrogens is 307 g/mol. The van der Waals surface area contributed by atoms with Crippen LogP contribution < -0.4 is 10.6 Å². The lowest BCUT2D eigenvalue weighted by Gasteiger charge is -2.18. The first kappa shape index (κ1) is 14.4. The fraction of sp³-hybridized carbons (Fsp3) is 0.188. The van der Waals surface area contributed by atoms with Crippen LogP contribution in [0.15, 0.2) is 36.4 Å². The second-order valence-corrected chi connectivity index (χ2v) is 5.78. The van der Waals surface area contributed by atoms with Gasteiger partial charge in [0, 0.05) is 12.1 Å². The van der Waals surface area contributed by atoms with Gasteiger partial charge in [-0.05, 0) is 48.4 Å². The van der Waals surface area contributed by atoms with E-state index in [0.29, 0.717) is 21.3 Å². The molecule has 3 rings (SSSR count). The molecule has 2 N–H and O–H groups in total. The minimum absolute atomic E-state index is 0.210. The van der Waals surface area contributed by atoms with Crippen LogP contribution in [0.3, 0.4) is 0 Å². The Kier molecular flexibility index (Phi) is 4.15. The van der Waals surface area contributed by atoms with Crippen molar-refractivity contribution < 1.29 is 4.79 Å². The van der Waals surface area contributed by atoms with Crippen LogP contribution >= 0.6 is 23.2 Å². The third-order valence-corrected chi connectivity index (χ3v) is 4.19. The Morgan fingerprint density at radius 3 is 2.62 bits per heavy atom. The molecule has 1 aliphatic rings. The summed E-state index contributed by atoms with van der Waals surface area (Å²) >= 11 is 12.1. The maximum absolute atomic E-state index is 12.4. The first-order chi connectivity index (χ1) is 10.1. The van der Waals surface area contributed by atoms with Crippen LogP contribution in [0.2, 0.25) is 10.0 Å². The monoisotopic (exact) mass is 320 g/mol. The molecule has 0 bridgehead atoms. The van der Waals surface area contributed by atoms with Crippen molar-refractivity contribution in [3.05, 3.63) is 63.1 Å². The standard InChI is InChI=1S/C16H14Cl2N2O/c17-13-2-1-3-14(18)15(13)20-16(21)11-5-4-10-6-7-19-9-12(10)8-11/h1-5,8,19H,6-7,9H2,(H,20,21). The Labute approximate surface area is 133 Å². The van der Waals surface area contributed by atoms with Crippen LogP contribution in [0.1, 0.15) is 21.5 Å². The summed E-state index contributed by atoms with van der Waals surface area (Å²) in [7, 11) is 0. The number of amides is 1. The van der Waals surface area contributed by atoms with Crippen molar-refractivity contribution >= 4 is 34.8 Å². The summed E-state index contributed by atoms with van der Waals surface area (Å²) in [5.41, 5.74) is 3.51. The summed E-state index contributed by atoms with van der Waals surface area (Å²) in [6, 6.07) is 10.9. The minimum atomic E-state index is -0.210.